The van der Waals surface area contributed by atoms with Gasteiger partial charge in [0, 0.05) is 0 Å². The Labute approximate surface area is 108 Å². The average Bonchev–Trinajstić information content (AvgIpc) is 2.25. The lowest BCUT2D eigenvalue weighted by atomic mass is 9.81. The molecule has 0 bridgehead atoms. The smallest absolute Gasteiger partial charge is 0.323 e. The SMILES string of the molecule is CC(C)(C)OC(=O)CNC1(C(=O)O)CCCCC1. The molecule has 1 rings (SSSR count). The highest BCUT2D eigenvalue weighted by atomic mass is 16.6. The molecule has 1 fully saturated rings. The molecule has 0 saturated heterocycles. The second-order valence-corrected chi connectivity index (χ2v) is 5.89. The van der Waals surface area contributed by atoms with Crippen molar-refractivity contribution >= 4 is 11.9 Å². The van der Waals surface area contributed by atoms with Crippen molar-refractivity contribution in [1.82, 2.24) is 5.32 Å². The summed E-state index contributed by atoms with van der Waals surface area (Å²) in [6.07, 6.45) is 3.97. The Morgan fingerprint density at radius 2 is 1.78 bits per heavy atom. The van der Waals surface area contributed by atoms with Gasteiger partial charge in [-0.25, -0.2) is 0 Å². The molecule has 5 heteroatoms. The Kier molecular flexibility index (Phi) is 4.73. The molecular formula is C13H23NO4. The van der Waals surface area contributed by atoms with Gasteiger partial charge in [0.05, 0.1) is 6.54 Å². The number of aliphatic carboxylic acids is 1. The highest BCUT2D eigenvalue weighted by molar-refractivity contribution is 5.80. The summed E-state index contributed by atoms with van der Waals surface area (Å²) in [6, 6.07) is 0. The number of carbonyl (C=O) groups excluding carboxylic acids is 1. The number of ether oxygens (including phenoxy) is 1. The van der Waals surface area contributed by atoms with Gasteiger partial charge in [-0.2, -0.15) is 0 Å². The van der Waals surface area contributed by atoms with Crippen LogP contribution in [0.15, 0.2) is 0 Å². The van der Waals surface area contributed by atoms with Crippen molar-refractivity contribution in [3.8, 4) is 0 Å². The number of hydrogen-bond acceptors (Lipinski definition) is 4. The maximum atomic E-state index is 11.6. The largest absolute Gasteiger partial charge is 0.480 e. The Bertz CT molecular complexity index is 313. The summed E-state index contributed by atoms with van der Waals surface area (Å²) in [5, 5.41) is 12.2. The Balaban J connectivity index is 2.53. The summed E-state index contributed by atoms with van der Waals surface area (Å²) in [5.74, 6) is -1.28. The molecule has 0 atom stereocenters. The number of carboxylic acid groups (broad SMARTS) is 1. The van der Waals surface area contributed by atoms with Crippen LogP contribution in [0.1, 0.15) is 52.9 Å². The van der Waals surface area contributed by atoms with Gasteiger partial charge in [-0.3, -0.25) is 14.9 Å². The van der Waals surface area contributed by atoms with E-state index < -0.39 is 23.1 Å². The van der Waals surface area contributed by atoms with Gasteiger partial charge in [0.15, 0.2) is 0 Å². The van der Waals surface area contributed by atoms with Gasteiger partial charge in [-0.1, -0.05) is 19.3 Å². The highest BCUT2D eigenvalue weighted by Gasteiger charge is 2.39. The van der Waals surface area contributed by atoms with E-state index in [1.165, 1.54) is 0 Å². The summed E-state index contributed by atoms with van der Waals surface area (Å²) in [7, 11) is 0. The van der Waals surface area contributed by atoms with Crippen LogP contribution in [0.3, 0.4) is 0 Å². The minimum Gasteiger partial charge on any atom is -0.480 e. The van der Waals surface area contributed by atoms with E-state index in [2.05, 4.69) is 5.32 Å². The topological polar surface area (TPSA) is 75.6 Å². The van der Waals surface area contributed by atoms with Crippen molar-refractivity contribution in [2.45, 2.75) is 64.0 Å². The average molecular weight is 257 g/mol. The van der Waals surface area contributed by atoms with Crippen LogP contribution in [0.4, 0.5) is 0 Å². The van der Waals surface area contributed by atoms with Crippen molar-refractivity contribution in [2.75, 3.05) is 6.54 Å². The third-order valence-electron chi connectivity index (χ3n) is 3.11. The van der Waals surface area contributed by atoms with E-state index in [9.17, 15) is 14.7 Å². The van der Waals surface area contributed by atoms with Gasteiger partial charge < -0.3 is 9.84 Å². The highest BCUT2D eigenvalue weighted by Crippen LogP contribution is 2.28. The fraction of sp³-hybridized carbons (Fsp3) is 0.846. The third-order valence-corrected chi connectivity index (χ3v) is 3.11. The lowest BCUT2D eigenvalue weighted by Crippen LogP contribution is -2.55. The maximum absolute atomic E-state index is 11.6. The first kappa shape index (κ1) is 15.0. The predicted molar refractivity (Wildman–Crippen MR) is 67.3 cm³/mol. The summed E-state index contributed by atoms with van der Waals surface area (Å²) in [6.45, 7) is 5.32. The van der Waals surface area contributed by atoms with Gasteiger partial charge in [0.2, 0.25) is 0 Å². The van der Waals surface area contributed by atoms with Crippen molar-refractivity contribution in [3.05, 3.63) is 0 Å². The summed E-state index contributed by atoms with van der Waals surface area (Å²) in [4.78, 5) is 22.9. The fourth-order valence-corrected chi connectivity index (χ4v) is 2.24. The summed E-state index contributed by atoms with van der Waals surface area (Å²) in [5.41, 5.74) is -1.49. The van der Waals surface area contributed by atoms with E-state index in [1.54, 1.807) is 20.8 Å². The molecule has 0 aliphatic heterocycles. The zero-order valence-electron chi connectivity index (χ0n) is 11.4. The Hall–Kier alpha value is -1.10. The molecule has 18 heavy (non-hydrogen) atoms. The molecular weight excluding hydrogens is 234 g/mol. The lowest BCUT2D eigenvalue weighted by Gasteiger charge is -2.34. The first-order chi connectivity index (χ1) is 8.25. The van der Waals surface area contributed by atoms with E-state index >= 15 is 0 Å². The van der Waals surface area contributed by atoms with Crippen LogP contribution in [0, 0.1) is 0 Å². The molecule has 2 N–H and O–H groups in total. The van der Waals surface area contributed by atoms with Gasteiger partial charge in [-0.15, -0.1) is 0 Å². The predicted octanol–water partition coefficient (Wildman–Crippen LogP) is 1.71. The van der Waals surface area contributed by atoms with E-state index in [0.717, 1.165) is 19.3 Å². The third kappa shape index (κ3) is 4.29. The van der Waals surface area contributed by atoms with E-state index in [-0.39, 0.29) is 6.54 Å². The van der Waals surface area contributed by atoms with Gasteiger partial charge in [0.25, 0.3) is 0 Å². The number of rotatable bonds is 4. The molecule has 0 aromatic carbocycles. The monoisotopic (exact) mass is 257 g/mol. The van der Waals surface area contributed by atoms with Crippen LogP contribution < -0.4 is 5.32 Å². The van der Waals surface area contributed by atoms with Gasteiger partial charge in [0.1, 0.15) is 11.1 Å². The standard InChI is InChI=1S/C13H23NO4/c1-12(2,3)18-10(15)9-14-13(11(16)17)7-5-4-6-8-13/h14H,4-9H2,1-3H3,(H,16,17). The summed E-state index contributed by atoms with van der Waals surface area (Å²) < 4.78 is 5.16. The zero-order valence-corrected chi connectivity index (χ0v) is 11.4. The molecule has 0 unspecified atom stereocenters. The minimum absolute atomic E-state index is 0.0520. The molecule has 0 heterocycles. The van der Waals surface area contributed by atoms with Crippen molar-refractivity contribution in [1.29, 1.82) is 0 Å². The number of esters is 1. The van der Waals surface area contributed by atoms with Crippen LogP contribution in [0.2, 0.25) is 0 Å². The normalized spacial score (nSPS) is 19.3. The van der Waals surface area contributed by atoms with Crippen LogP contribution in [-0.2, 0) is 14.3 Å². The Morgan fingerprint density at radius 1 is 1.22 bits per heavy atom. The van der Waals surface area contributed by atoms with Crippen LogP contribution in [0.25, 0.3) is 0 Å². The molecule has 0 amide bonds. The molecule has 1 aliphatic rings. The lowest BCUT2D eigenvalue weighted by molar-refractivity contribution is -0.155. The zero-order chi connectivity index (χ0) is 13.8. The maximum Gasteiger partial charge on any atom is 0.323 e. The quantitative estimate of drug-likeness (QED) is 0.750. The number of nitrogens with one attached hydrogen (secondary N) is 1. The van der Waals surface area contributed by atoms with Crippen LogP contribution in [0.5, 0.6) is 0 Å². The number of carboxylic acids is 1. The van der Waals surface area contributed by atoms with Crippen LogP contribution >= 0.6 is 0 Å². The molecule has 5 nitrogen and oxygen atoms in total. The molecule has 0 aromatic heterocycles. The second kappa shape index (κ2) is 5.69. The fourth-order valence-electron chi connectivity index (χ4n) is 2.24. The second-order valence-electron chi connectivity index (χ2n) is 5.89. The Morgan fingerprint density at radius 3 is 2.22 bits per heavy atom. The van der Waals surface area contributed by atoms with E-state index in [4.69, 9.17) is 4.74 Å². The molecule has 0 radical (unpaired) electrons. The van der Waals surface area contributed by atoms with Crippen molar-refractivity contribution in [2.24, 2.45) is 0 Å². The summed E-state index contributed by atoms with van der Waals surface area (Å²) >= 11 is 0. The molecule has 1 saturated carbocycles. The molecule has 104 valence electrons. The molecule has 0 spiro atoms. The van der Waals surface area contributed by atoms with Crippen molar-refractivity contribution < 1.29 is 19.4 Å². The van der Waals surface area contributed by atoms with Crippen molar-refractivity contribution in [3.63, 3.8) is 0 Å². The molecule has 0 aromatic rings. The van der Waals surface area contributed by atoms with Gasteiger partial charge >= 0.3 is 11.9 Å². The molecule has 1 aliphatic carbocycles. The van der Waals surface area contributed by atoms with E-state index in [1.807, 2.05) is 0 Å². The number of hydrogen-bond donors (Lipinski definition) is 2. The first-order valence-corrected chi connectivity index (χ1v) is 6.45. The van der Waals surface area contributed by atoms with Gasteiger partial charge in [-0.05, 0) is 33.6 Å². The van der Waals surface area contributed by atoms with Crippen LogP contribution in [-0.4, -0.2) is 34.7 Å². The van der Waals surface area contributed by atoms with E-state index in [0.29, 0.717) is 12.8 Å². The first-order valence-electron chi connectivity index (χ1n) is 6.45. The number of carbonyl (C=O) groups is 2. The minimum atomic E-state index is -0.949.